The molecule has 1 rings (SSSR count). The molecule has 0 bridgehead atoms. The fourth-order valence-corrected chi connectivity index (χ4v) is 4.42. The Bertz CT molecular complexity index is 276. The average molecular weight is 381 g/mol. The Morgan fingerprint density at radius 2 is 0.963 bits per heavy atom. The highest BCUT2D eigenvalue weighted by Gasteiger charge is 2.08. The molecular weight excluding hydrogens is 328 g/mol. The monoisotopic (exact) mass is 380 g/mol. The summed E-state index contributed by atoms with van der Waals surface area (Å²) in [5.41, 5.74) is 0. The Kier molecular flexibility index (Phi) is 17.8. The van der Waals surface area contributed by atoms with Gasteiger partial charge in [-0.25, -0.2) is 0 Å². The summed E-state index contributed by atoms with van der Waals surface area (Å²) in [4.78, 5) is 5.45. The zero-order chi connectivity index (χ0) is 19.4. The van der Waals surface area contributed by atoms with E-state index in [1.165, 1.54) is 148 Å². The van der Waals surface area contributed by atoms with Crippen LogP contribution < -0.4 is 0 Å². The van der Waals surface area contributed by atoms with E-state index in [0.717, 1.165) is 0 Å². The molecule has 0 atom stereocenters. The molecule has 0 amide bonds. The number of likely N-dealkylation sites (tertiary alicyclic amines) is 1. The molecule has 1 heterocycles. The zero-order valence-electron chi connectivity index (χ0n) is 19.2. The summed E-state index contributed by atoms with van der Waals surface area (Å²) in [6.45, 7) is 12.8. The molecule has 0 aliphatic carbocycles. The molecule has 2 nitrogen and oxygen atoms in total. The number of nitrogens with zero attached hydrogens (tertiary/aromatic N) is 2. The summed E-state index contributed by atoms with van der Waals surface area (Å²) in [5.74, 6) is 0. The minimum atomic E-state index is 1.34. The Hall–Kier alpha value is -0.0800. The summed E-state index contributed by atoms with van der Waals surface area (Å²) in [5, 5.41) is 0. The molecule has 0 saturated carbocycles. The van der Waals surface area contributed by atoms with Gasteiger partial charge in [-0.15, -0.1) is 0 Å². The molecule has 0 aromatic heterocycles. The number of rotatable bonds is 19. The van der Waals surface area contributed by atoms with Gasteiger partial charge in [-0.1, -0.05) is 84.5 Å². The van der Waals surface area contributed by atoms with Gasteiger partial charge < -0.3 is 9.80 Å². The fraction of sp³-hybridized carbons (Fsp3) is 1.00. The maximum absolute atomic E-state index is 2.76. The van der Waals surface area contributed by atoms with Crippen molar-refractivity contribution in [2.24, 2.45) is 0 Å². The number of piperidine rings is 1. The van der Waals surface area contributed by atoms with Crippen molar-refractivity contribution in [3.05, 3.63) is 0 Å². The minimum absolute atomic E-state index is 1.34. The van der Waals surface area contributed by atoms with Crippen LogP contribution in [0.25, 0.3) is 0 Å². The van der Waals surface area contributed by atoms with Gasteiger partial charge >= 0.3 is 0 Å². The fourth-order valence-electron chi connectivity index (χ4n) is 4.42. The van der Waals surface area contributed by atoms with Crippen molar-refractivity contribution in [3.63, 3.8) is 0 Å². The van der Waals surface area contributed by atoms with Crippen LogP contribution >= 0.6 is 0 Å². The first-order chi connectivity index (χ1) is 13.4. The van der Waals surface area contributed by atoms with E-state index in [1.807, 2.05) is 0 Å². The van der Waals surface area contributed by atoms with Gasteiger partial charge in [-0.3, -0.25) is 0 Å². The van der Waals surface area contributed by atoms with Gasteiger partial charge in [-0.2, -0.15) is 0 Å². The molecule has 1 saturated heterocycles. The highest BCUT2D eigenvalue weighted by molar-refractivity contribution is 4.64. The third-order valence-corrected chi connectivity index (χ3v) is 6.30. The molecule has 27 heavy (non-hydrogen) atoms. The molecule has 0 radical (unpaired) electrons. The third-order valence-electron chi connectivity index (χ3n) is 6.30. The maximum Gasteiger partial charge on any atom is -0.00187 e. The topological polar surface area (TPSA) is 6.48 Å². The number of hydrogen-bond acceptors (Lipinski definition) is 2. The molecule has 0 unspecified atom stereocenters. The lowest BCUT2D eigenvalue weighted by Crippen LogP contribution is -2.30. The van der Waals surface area contributed by atoms with Crippen LogP contribution in [-0.4, -0.2) is 49.1 Å². The van der Waals surface area contributed by atoms with Crippen LogP contribution in [0, 0.1) is 0 Å². The van der Waals surface area contributed by atoms with E-state index >= 15 is 0 Å². The summed E-state index contributed by atoms with van der Waals surface area (Å²) in [6.07, 6.45) is 24.3. The molecule has 1 aliphatic heterocycles. The van der Waals surface area contributed by atoms with Crippen LogP contribution in [0.2, 0.25) is 0 Å². The maximum atomic E-state index is 2.76. The number of hydrogen-bond donors (Lipinski definition) is 0. The van der Waals surface area contributed by atoms with Gasteiger partial charge in [0.2, 0.25) is 0 Å². The molecule has 1 aliphatic rings. The van der Waals surface area contributed by atoms with Crippen LogP contribution in [0.1, 0.15) is 123 Å². The summed E-state index contributed by atoms with van der Waals surface area (Å²) in [6, 6.07) is 0. The zero-order valence-corrected chi connectivity index (χ0v) is 19.2. The largest absolute Gasteiger partial charge is 0.303 e. The summed E-state index contributed by atoms with van der Waals surface area (Å²) < 4.78 is 0. The predicted octanol–water partition coefficient (Wildman–Crippen LogP) is 7.28. The minimum Gasteiger partial charge on any atom is -0.303 e. The van der Waals surface area contributed by atoms with Crippen LogP contribution in [0.4, 0.5) is 0 Å². The molecule has 1 fully saturated rings. The van der Waals surface area contributed by atoms with E-state index in [-0.39, 0.29) is 0 Å². The summed E-state index contributed by atoms with van der Waals surface area (Å²) in [7, 11) is 0. The Balaban J connectivity index is 1.89. The molecule has 0 N–H and O–H groups in total. The first kappa shape index (κ1) is 25.0. The van der Waals surface area contributed by atoms with Crippen LogP contribution in [0.3, 0.4) is 0 Å². The van der Waals surface area contributed by atoms with Crippen molar-refractivity contribution in [1.82, 2.24) is 9.80 Å². The normalized spacial score (nSPS) is 15.7. The second-order valence-electron chi connectivity index (χ2n) is 8.99. The van der Waals surface area contributed by atoms with Gasteiger partial charge in [0.05, 0.1) is 0 Å². The standard InChI is InChI=1S/C25H52N2/c1-3-5-14-20-26(21-15-6-4-2)22-16-11-9-7-8-10-12-17-23-27-24-18-13-19-25-27/h3-25H2,1-2H3. The first-order valence-corrected chi connectivity index (χ1v) is 12.8. The van der Waals surface area contributed by atoms with E-state index in [2.05, 4.69) is 23.6 Å². The first-order valence-electron chi connectivity index (χ1n) is 12.8. The molecule has 0 spiro atoms. The van der Waals surface area contributed by atoms with Crippen LogP contribution in [0.5, 0.6) is 0 Å². The van der Waals surface area contributed by atoms with E-state index < -0.39 is 0 Å². The quantitative estimate of drug-likeness (QED) is 0.217. The lowest BCUT2D eigenvalue weighted by molar-refractivity contribution is 0.224. The Labute approximate surface area is 172 Å². The van der Waals surface area contributed by atoms with Crippen molar-refractivity contribution >= 4 is 0 Å². The van der Waals surface area contributed by atoms with Gasteiger partial charge in [-0.05, 0) is 77.8 Å². The van der Waals surface area contributed by atoms with Gasteiger partial charge in [0.15, 0.2) is 0 Å². The van der Waals surface area contributed by atoms with Gasteiger partial charge in [0, 0.05) is 0 Å². The van der Waals surface area contributed by atoms with Crippen molar-refractivity contribution in [2.45, 2.75) is 123 Å². The second kappa shape index (κ2) is 19.2. The molecular formula is C25H52N2. The van der Waals surface area contributed by atoms with Crippen molar-refractivity contribution in [3.8, 4) is 0 Å². The smallest absolute Gasteiger partial charge is 0.00187 e. The van der Waals surface area contributed by atoms with E-state index in [9.17, 15) is 0 Å². The highest BCUT2D eigenvalue weighted by atomic mass is 15.1. The van der Waals surface area contributed by atoms with Crippen molar-refractivity contribution in [2.75, 3.05) is 39.3 Å². The molecule has 162 valence electrons. The lowest BCUT2D eigenvalue weighted by atomic mass is 10.1. The second-order valence-corrected chi connectivity index (χ2v) is 8.99. The van der Waals surface area contributed by atoms with Crippen molar-refractivity contribution < 1.29 is 0 Å². The Morgan fingerprint density at radius 3 is 1.48 bits per heavy atom. The highest BCUT2D eigenvalue weighted by Crippen LogP contribution is 2.13. The summed E-state index contributed by atoms with van der Waals surface area (Å²) >= 11 is 0. The van der Waals surface area contributed by atoms with Crippen LogP contribution in [-0.2, 0) is 0 Å². The predicted molar refractivity (Wildman–Crippen MR) is 123 cm³/mol. The third kappa shape index (κ3) is 15.5. The molecule has 0 aromatic rings. The average Bonchev–Trinajstić information content (AvgIpc) is 2.70. The Morgan fingerprint density at radius 1 is 0.519 bits per heavy atom. The number of unbranched alkanes of at least 4 members (excludes halogenated alkanes) is 11. The SMILES string of the molecule is CCCCCN(CCCCC)CCCCCCCCCCN1CCCCC1. The lowest BCUT2D eigenvalue weighted by Gasteiger charge is -2.26. The van der Waals surface area contributed by atoms with Crippen LogP contribution in [0.15, 0.2) is 0 Å². The molecule has 2 heteroatoms. The van der Waals surface area contributed by atoms with E-state index in [0.29, 0.717) is 0 Å². The van der Waals surface area contributed by atoms with Gasteiger partial charge in [0.1, 0.15) is 0 Å². The van der Waals surface area contributed by atoms with E-state index in [4.69, 9.17) is 0 Å². The van der Waals surface area contributed by atoms with E-state index in [1.54, 1.807) is 0 Å². The van der Waals surface area contributed by atoms with Crippen molar-refractivity contribution in [1.29, 1.82) is 0 Å². The van der Waals surface area contributed by atoms with Gasteiger partial charge in [0.25, 0.3) is 0 Å². The molecule has 0 aromatic carbocycles.